The summed E-state index contributed by atoms with van der Waals surface area (Å²) in [5.41, 5.74) is -0.0139. The van der Waals surface area contributed by atoms with Crippen LogP contribution in [0, 0.1) is 5.41 Å². The minimum atomic E-state index is -4.20. The monoisotopic (exact) mass is 197 g/mol. The smallest absolute Gasteiger partial charge is 0.371 e. The van der Waals surface area contributed by atoms with E-state index >= 15 is 0 Å². The molecule has 1 N–H and O–H groups in total. The maximum atomic E-state index is 11.7. The van der Waals surface area contributed by atoms with Gasteiger partial charge < -0.3 is 10.1 Å². The molecule has 0 aromatic carbocycles. The molecule has 13 heavy (non-hydrogen) atoms. The minimum absolute atomic E-state index is 0.0139. The fourth-order valence-electron chi connectivity index (χ4n) is 1.31. The van der Waals surface area contributed by atoms with Crippen LogP contribution in [0.25, 0.3) is 0 Å². The van der Waals surface area contributed by atoms with Crippen LogP contribution in [0.2, 0.25) is 0 Å². The second kappa shape index (κ2) is 3.84. The van der Waals surface area contributed by atoms with Gasteiger partial charge in [0.05, 0.1) is 6.61 Å². The topological polar surface area (TPSA) is 21.3 Å². The Balaban J connectivity index is 2.12. The molecule has 1 aliphatic carbocycles. The Hall–Kier alpha value is -0.290. The van der Waals surface area contributed by atoms with Gasteiger partial charge in [0, 0.05) is 12.0 Å². The molecule has 1 rings (SSSR count). The Labute approximate surface area is 75.4 Å². The van der Waals surface area contributed by atoms with Gasteiger partial charge in [-0.15, -0.1) is 0 Å². The highest BCUT2D eigenvalue weighted by Crippen LogP contribution is 2.45. The lowest BCUT2D eigenvalue weighted by Crippen LogP contribution is -2.27. The minimum Gasteiger partial charge on any atom is -0.371 e. The van der Waals surface area contributed by atoms with Gasteiger partial charge in [0.2, 0.25) is 0 Å². The molecule has 0 saturated heterocycles. The Morgan fingerprint density at radius 1 is 1.38 bits per heavy atom. The molecule has 0 heterocycles. The van der Waals surface area contributed by atoms with Gasteiger partial charge >= 0.3 is 6.18 Å². The van der Waals surface area contributed by atoms with Crippen molar-refractivity contribution in [3.63, 3.8) is 0 Å². The number of hydrogen-bond acceptors (Lipinski definition) is 2. The molecule has 0 bridgehead atoms. The zero-order valence-corrected chi connectivity index (χ0v) is 7.58. The van der Waals surface area contributed by atoms with Crippen molar-refractivity contribution in [2.75, 3.05) is 26.8 Å². The lowest BCUT2D eigenvalue weighted by Gasteiger charge is -2.15. The van der Waals surface area contributed by atoms with Gasteiger partial charge in [-0.05, 0) is 19.9 Å². The van der Waals surface area contributed by atoms with E-state index < -0.39 is 12.8 Å². The second-order valence-corrected chi connectivity index (χ2v) is 3.64. The summed E-state index contributed by atoms with van der Waals surface area (Å²) in [6.07, 6.45) is -2.27. The first-order chi connectivity index (χ1) is 5.97. The zero-order chi connectivity index (χ0) is 9.95. The summed E-state index contributed by atoms with van der Waals surface area (Å²) < 4.78 is 39.7. The standard InChI is InChI=1S/C8H14F3NO/c1-12-4-7(2-3-7)5-13-6-8(9,10)11/h12H,2-6H2,1H3. The highest BCUT2D eigenvalue weighted by molar-refractivity contribution is 4.94. The third-order valence-corrected chi connectivity index (χ3v) is 2.18. The number of hydrogen-bond donors (Lipinski definition) is 1. The summed E-state index contributed by atoms with van der Waals surface area (Å²) in [7, 11) is 1.80. The van der Waals surface area contributed by atoms with E-state index in [1.54, 1.807) is 7.05 Å². The van der Waals surface area contributed by atoms with E-state index in [0.29, 0.717) is 0 Å². The predicted molar refractivity (Wildman–Crippen MR) is 42.5 cm³/mol. The molecule has 0 aromatic rings. The number of halogens is 3. The van der Waals surface area contributed by atoms with Gasteiger partial charge in [-0.1, -0.05) is 0 Å². The van der Waals surface area contributed by atoms with Crippen LogP contribution < -0.4 is 5.32 Å². The first-order valence-corrected chi connectivity index (χ1v) is 4.27. The molecule has 0 aromatic heterocycles. The van der Waals surface area contributed by atoms with Crippen molar-refractivity contribution in [2.45, 2.75) is 19.0 Å². The van der Waals surface area contributed by atoms with Crippen LogP contribution in [0.4, 0.5) is 13.2 Å². The van der Waals surface area contributed by atoms with E-state index in [1.165, 1.54) is 0 Å². The predicted octanol–water partition coefficient (Wildman–Crippen LogP) is 1.56. The fourth-order valence-corrected chi connectivity index (χ4v) is 1.31. The van der Waals surface area contributed by atoms with Crippen LogP contribution in [-0.4, -0.2) is 33.0 Å². The Kier molecular flexibility index (Phi) is 3.18. The van der Waals surface area contributed by atoms with E-state index in [9.17, 15) is 13.2 Å². The quantitative estimate of drug-likeness (QED) is 0.722. The Morgan fingerprint density at radius 2 is 2.00 bits per heavy atom. The maximum absolute atomic E-state index is 11.7. The average molecular weight is 197 g/mol. The number of nitrogens with one attached hydrogen (secondary N) is 1. The van der Waals surface area contributed by atoms with Crippen molar-refractivity contribution in [2.24, 2.45) is 5.41 Å². The lowest BCUT2D eigenvalue weighted by molar-refractivity contribution is -0.177. The molecule has 1 aliphatic rings. The molecule has 5 heteroatoms. The second-order valence-electron chi connectivity index (χ2n) is 3.64. The molecule has 78 valence electrons. The highest BCUT2D eigenvalue weighted by atomic mass is 19.4. The number of rotatable bonds is 5. The third-order valence-electron chi connectivity index (χ3n) is 2.18. The SMILES string of the molecule is CNCC1(COCC(F)(F)F)CC1. The van der Waals surface area contributed by atoms with Crippen LogP contribution in [0.15, 0.2) is 0 Å². The fraction of sp³-hybridized carbons (Fsp3) is 1.00. The summed E-state index contributed by atoms with van der Waals surface area (Å²) >= 11 is 0. The van der Waals surface area contributed by atoms with Crippen molar-refractivity contribution in [3.05, 3.63) is 0 Å². The summed E-state index contributed by atoms with van der Waals surface area (Å²) in [5, 5.41) is 2.96. The summed E-state index contributed by atoms with van der Waals surface area (Å²) in [5.74, 6) is 0. The molecular weight excluding hydrogens is 183 g/mol. The first kappa shape index (κ1) is 10.8. The van der Waals surface area contributed by atoms with E-state index in [-0.39, 0.29) is 12.0 Å². The van der Waals surface area contributed by atoms with Crippen LogP contribution in [0.5, 0.6) is 0 Å². The van der Waals surface area contributed by atoms with Gasteiger partial charge in [0.25, 0.3) is 0 Å². The summed E-state index contributed by atoms with van der Waals surface area (Å²) in [4.78, 5) is 0. The summed E-state index contributed by atoms with van der Waals surface area (Å²) in [6.45, 7) is -0.170. The zero-order valence-electron chi connectivity index (χ0n) is 7.58. The molecule has 1 saturated carbocycles. The van der Waals surface area contributed by atoms with Crippen LogP contribution in [-0.2, 0) is 4.74 Å². The molecule has 0 spiro atoms. The molecule has 0 atom stereocenters. The molecule has 0 amide bonds. The van der Waals surface area contributed by atoms with Crippen molar-refractivity contribution < 1.29 is 17.9 Å². The van der Waals surface area contributed by atoms with Crippen molar-refractivity contribution in [1.82, 2.24) is 5.32 Å². The van der Waals surface area contributed by atoms with Crippen LogP contribution >= 0.6 is 0 Å². The van der Waals surface area contributed by atoms with E-state index in [0.717, 1.165) is 19.4 Å². The molecule has 0 aliphatic heterocycles. The Morgan fingerprint density at radius 3 is 2.38 bits per heavy atom. The van der Waals surface area contributed by atoms with Gasteiger partial charge in [-0.3, -0.25) is 0 Å². The first-order valence-electron chi connectivity index (χ1n) is 4.27. The van der Waals surface area contributed by atoms with Crippen molar-refractivity contribution >= 4 is 0 Å². The highest BCUT2D eigenvalue weighted by Gasteiger charge is 2.43. The van der Waals surface area contributed by atoms with Crippen LogP contribution in [0.1, 0.15) is 12.8 Å². The van der Waals surface area contributed by atoms with E-state index in [4.69, 9.17) is 0 Å². The molecule has 2 nitrogen and oxygen atoms in total. The van der Waals surface area contributed by atoms with Gasteiger partial charge in [0.1, 0.15) is 6.61 Å². The molecule has 0 unspecified atom stereocenters. The van der Waals surface area contributed by atoms with Crippen molar-refractivity contribution in [3.8, 4) is 0 Å². The third kappa shape index (κ3) is 3.95. The normalized spacial score (nSPS) is 20.3. The van der Waals surface area contributed by atoms with E-state index in [1.807, 2.05) is 0 Å². The number of ether oxygens (including phenoxy) is 1. The van der Waals surface area contributed by atoms with Gasteiger partial charge in [-0.25, -0.2) is 0 Å². The van der Waals surface area contributed by atoms with E-state index in [2.05, 4.69) is 10.1 Å². The van der Waals surface area contributed by atoms with Gasteiger partial charge in [-0.2, -0.15) is 13.2 Å². The maximum Gasteiger partial charge on any atom is 0.411 e. The molecule has 1 fully saturated rings. The van der Waals surface area contributed by atoms with Crippen molar-refractivity contribution in [1.29, 1.82) is 0 Å². The Bertz CT molecular complexity index is 165. The average Bonchev–Trinajstić information content (AvgIpc) is 2.67. The lowest BCUT2D eigenvalue weighted by atomic mass is 10.1. The van der Waals surface area contributed by atoms with Crippen LogP contribution in [0.3, 0.4) is 0 Å². The van der Waals surface area contributed by atoms with Gasteiger partial charge in [0.15, 0.2) is 0 Å². The number of alkyl halides is 3. The largest absolute Gasteiger partial charge is 0.411 e. The molecular formula is C8H14F3NO. The molecule has 0 radical (unpaired) electrons. The summed E-state index contributed by atoms with van der Waals surface area (Å²) in [6, 6.07) is 0.